The molecule has 1 aliphatic carbocycles. The summed E-state index contributed by atoms with van der Waals surface area (Å²) in [6, 6.07) is 0.801. The molecule has 1 saturated carbocycles. The Morgan fingerprint density at radius 3 is 2.75 bits per heavy atom. The van der Waals surface area contributed by atoms with Crippen LogP contribution in [0.15, 0.2) is 6.20 Å². The maximum Gasteiger partial charge on any atom is 0.0638 e. The molecule has 24 heavy (non-hydrogen) atoms. The Morgan fingerprint density at radius 1 is 1.12 bits per heavy atom. The average molecular weight is 331 g/mol. The van der Waals surface area contributed by atoms with Crippen LogP contribution in [0.1, 0.15) is 56.7 Å². The van der Waals surface area contributed by atoms with Gasteiger partial charge in [0.25, 0.3) is 0 Å². The van der Waals surface area contributed by atoms with Crippen molar-refractivity contribution in [2.45, 2.75) is 71.5 Å². The molecular weight excluding hydrogens is 296 g/mol. The van der Waals surface area contributed by atoms with Crippen molar-refractivity contribution in [1.82, 2.24) is 19.6 Å². The van der Waals surface area contributed by atoms with Gasteiger partial charge in [0.05, 0.1) is 5.69 Å². The lowest BCUT2D eigenvalue weighted by molar-refractivity contribution is 0.0891. The molecule has 5 rings (SSSR count). The van der Waals surface area contributed by atoms with Crippen LogP contribution in [-0.4, -0.2) is 51.8 Å². The van der Waals surface area contributed by atoms with Gasteiger partial charge in [0, 0.05) is 57.1 Å². The number of aryl methyl sites for hydroxylation is 2. The highest BCUT2D eigenvalue weighted by molar-refractivity contribution is 5.15. The first-order valence-electron chi connectivity index (χ1n) is 10.2. The van der Waals surface area contributed by atoms with Crippen LogP contribution in [0.25, 0.3) is 0 Å². The lowest BCUT2D eigenvalue weighted by Crippen LogP contribution is -2.46. The third-order valence-corrected chi connectivity index (χ3v) is 6.51. The number of rotatable bonds is 6. The molecule has 0 amide bonds. The molecule has 1 aromatic rings. The van der Waals surface area contributed by atoms with Crippen LogP contribution in [0, 0.1) is 18.8 Å². The van der Waals surface area contributed by atoms with E-state index >= 15 is 0 Å². The fourth-order valence-corrected chi connectivity index (χ4v) is 4.93. The highest BCUT2D eigenvalue weighted by atomic mass is 15.3. The van der Waals surface area contributed by atoms with E-state index in [9.17, 15) is 0 Å². The van der Waals surface area contributed by atoms with E-state index in [0.717, 1.165) is 37.4 Å². The van der Waals surface area contributed by atoms with Crippen LogP contribution >= 0.6 is 0 Å². The number of fused-ring (bicyclic) bond motifs is 4. The van der Waals surface area contributed by atoms with E-state index in [0.29, 0.717) is 0 Å². The van der Waals surface area contributed by atoms with E-state index in [1.54, 1.807) is 0 Å². The van der Waals surface area contributed by atoms with E-state index in [4.69, 9.17) is 5.10 Å². The minimum Gasteiger partial charge on any atom is -0.299 e. The molecule has 4 nitrogen and oxygen atoms in total. The maximum absolute atomic E-state index is 4.70. The first kappa shape index (κ1) is 16.6. The summed E-state index contributed by atoms with van der Waals surface area (Å²) in [5.41, 5.74) is 2.67. The van der Waals surface area contributed by atoms with Crippen LogP contribution < -0.4 is 0 Å². The average Bonchev–Trinajstić information content (AvgIpc) is 2.69. The highest BCUT2D eigenvalue weighted by Gasteiger charge is 2.36. The summed E-state index contributed by atoms with van der Waals surface area (Å²) >= 11 is 0. The second-order valence-corrected chi connectivity index (χ2v) is 8.54. The van der Waals surface area contributed by atoms with Gasteiger partial charge in [-0.3, -0.25) is 14.5 Å². The van der Waals surface area contributed by atoms with Crippen LogP contribution in [0.4, 0.5) is 0 Å². The van der Waals surface area contributed by atoms with Gasteiger partial charge in [0.1, 0.15) is 0 Å². The molecule has 4 heteroatoms. The summed E-state index contributed by atoms with van der Waals surface area (Å²) < 4.78 is 2.14. The second-order valence-electron chi connectivity index (χ2n) is 8.54. The predicted molar refractivity (Wildman–Crippen MR) is 98.0 cm³/mol. The van der Waals surface area contributed by atoms with Crippen LogP contribution in [0.2, 0.25) is 0 Å². The van der Waals surface area contributed by atoms with Gasteiger partial charge in [0.15, 0.2) is 0 Å². The smallest absolute Gasteiger partial charge is 0.0638 e. The summed E-state index contributed by atoms with van der Waals surface area (Å²) in [7, 11) is 0. The van der Waals surface area contributed by atoms with Crippen molar-refractivity contribution in [2.75, 3.05) is 26.2 Å². The Hall–Kier alpha value is -0.870. The highest BCUT2D eigenvalue weighted by Crippen LogP contribution is 2.33. The summed E-state index contributed by atoms with van der Waals surface area (Å²) in [5, 5.41) is 4.70. The molecule has 1 aromatic heterocycles. The van der Waals surface area contributed by atoms with Crippen molar-refractivity contribution >= 4 is 0 Å². The minimum absolute atomic E-state index is 0.801. The van der Waals surface area contributed by atoms with Gasteiger partial charge >= 0.3 is 0 Å². The maximum atomic E-state index is 4.70. The van der Waals surface area contributed by atoms with Crippen molar-refractivity contribution < 1.29 is 0 Å². The zero-order chi connectivity index (χ0) is 16.5. The third-order valence-electron chi connectivity index (χ3n) is 6.51. The summed E-state index contributed by atoms with van der Waals surface area (Å²) in [4.78, 5) is 5.58. The lowest BCUT2D eigenvalue weighted by atomic mass is 9.83. The molecule has 0 aromatic carbocycles. The van der Waals surface area contributed by atoms with Crippen LogP contribution in [-0.2, 0) is 13.1 Å². The first-order chi connectivity index (χ1) is 11.7. The standard InChI is InChI=1S/C20H34N4/c1-3-9-24-14-19(16(2)21-24)13-22-10-18-7-8-20(15-22)23(12-18)11-17-5-4-6-17/h14,17-18,20H,3-13,15H2,1-2H3/t18-,20+/m1/s1. The monoisotopic (exact) mass is 330 g/mol. The Balaban J connectivity index is 1.40. The van der Waals surface area contributed by atoms with Crippen molar-refractivity contribution in [2.24, 2.45) is 11.8 Å². The quantitative estimate of drug-likeness (QED) is 0.800. The predicted octanol–water partition coefficient (Wildman–Crippen LogP) is 3.30. The van der Waals surface area contributed by atoms with Crippen LogP contribution in [0.3, 0.4) is 0 Å². The van der Waals surface area contributed by atoms with Gasteiger partial charge in [-0.25, -0.2) is 0 Å². The molecule has 2 bridgehead atoms. The summed E-state index contributed by atoms with van der Waals surface area (Å²) in [5.74, 6) is 1.89. The zero-order valence-corrected chi connectivity index (χ0v) is 15.6. The van der Waals surface area contributed by atoms with E-state index in [-0.39, 0.29) is 0 Å². The van der Waals surface area contributed by atoms with E-state index in [2.05, 4.69) is 34.5 Å². The van der Waals surface area contributed by atoms with E-state index in [1.807, 2.05) is 0 Å². The van der Waals surface area contributed by atoms with Gasteiger partial charge in [-0.15, -0.1) is 0 Å². The summed E-state index contributed by atoms with van der Waals surface area (Å²) in [6.07, 6.45) is 10.7. The Kier molecular flexibility index (Phi) is 4.95. The molecule has 134 valence electrons. The Bertz CT molecular complexity index is 548. The number of nitrogens with zero attached hydrogens (tertiary/aromatic N) is 4. The molecule has 3 saturated heterocycles. The van der Waals surface area contributed by atoms with Gasteiger partial charge in [-0.05, 0) is 50.9 Å². The number of hydrogen-bond donors (Lipinski definition) is 0. The fourth-order valence-electron chi connectivity index (χ4n) is 4.93. The van der Waals surface area contributed by atoms with Crippen LogP contribution in [0.5, 0.6) is 0 Å². The molecule has 4 heterocycles. The SMILES string of the molecule is CCCn1cc(CN2C[C@H]3CC[C@@H](C2)N(CC2CCC2)C3)c(C)n1. The van der Waals surface area contributed by atoms with Crippen molar-refractivity contribution in [1.29, 1.82) is 0 Å². The Morgan fingerprint density at radius 2 is 2.00 bits per heavy atom. The lowest BCUT2D eigenvalue weighted by Gasteiger charge is -2.40. The normalized spacial score (nSPS) is 28.9. The number of piperidine rings is 1. The van der Waals surface area contributed by atoms with Gasteiger partial charge in [0.2, 0.25) is 0 Å². The molecular formula is C20H34N4. The molecule has 0 spiro atoms. The minimum atomic E-state index is 0.801. The van der Waals surface area contributed by atoms with Gasteiger partial charge < -0.3 is 0 Å². The molecule has 2 atom stereocenters. The number of aromatic nitrogens is 2. The second kappa shape index (κ2) is 7.17. The van der Waals surface area contributed by atoms with Crippen molar-refractivity contribution in [3.63, 3.8) is 0 Å². The first-order valence-corrected chi connectivity index (χ1v) is 10.2. The zero-order valence-electron chi connectivity index (χ0n) is 15.6. The summed E-state index contributed by atoms with van der Waals surface area (Å²) in [6.45, 7) is 11.8. The molecule has 0 radical (unpaired) electrons. The number of hydrogen-bond acceptors (Lipinski definition) is 3. The molecule has 0 N–H and O–H groups in total. The van der Waals surface area contributed by atoms with Crippen molar-refractivity contribution in [3.8, 4) is 0 Å². The topological polar surface area (TPSA) is 24.3 Å². The van der Waals surface area contributed by atoms with Crippen molar-refractivity contribution in [3.05, 3.63) is 17.5 Å². The molecule has 4 fully saturated rings. The molecule has 4 aliphatic rings. The third kappa shape index (κ3) is 3.55. The van der Waals surface area contributed by atoms with E-state index in [1.165, 1.54) is 69.5 Å². The van der Waals surface area contributed by atoms with Gasteiger partial charge in [-0.1, -0.05) is 13.3 Å². The Labute approximate surface area is 147 Å². The van der Waals surface area contributed by atoms with Gasteiger partial charge in [-0.2, -0.15) is 5.10 Å². The molecule has 3 aliphatic heterocycles. The molecule has 0 unspecified atom stereocenters. The largest absolute Gasteiger partial charge is 0.299 e. The fraction of sp³-hybridized carbons (Fsp3) is 0.850. The van der Waals surface area contributed by atoms with E-state index < -0.39 is 0 Å².